The van der Waals surface area contributed by atoms with Crippen LogP contribution in [0.2, 0.25) is 0 Å². The molecule has 0 fully saturated rings. The molecule has 1 heterocycles. The largest absolute Gasteiger partial charge is 0.369 e. The van der Waals surface area contributed by atoms with Crippen molar-refractivity contribution in [3.63, 3.8) is 0 Å². The standard InChI is InChI=1S/C7H11NO/c1-2-8-5-3-4-7(8)6-9/h4,6H,2-3,5H2,1H3. The van der Waals surface area contributed by atoms with Crippen molar-refractivity contribution >= 4 is 6.29 Å². The third kappa shape index (κ3) is 1.12. The maximum Gasteiger partial charge on any atom is 0.165 e. The van der Waals surface area contributed by atoms with E-state index in [9.17, 15) is 4.79 Å². The molecular weight excluding hydrogens is 114 g/mol. The molecule has 0 unspecified atom stereocenters. The van der Waals surface area contributed by atoms with Gasteiger partial charge in [0.25, 0.3) is 0 Å². The van der Waals surface area contributed by atoms with Crippen LogP contribution >= 0.6 is 0 Å². The molecule has 2 heteroatoms. The van der Waals surface area contributed by atoms with Gasteiger partial charge in [-0.2, -0.15) is 0 Å². The average Bonchev–Trinajstić information content (AvgIpc) is 2.33. The van der Waals surface area contributed by atoms with Crippen LogP contribution in [0.25, 0.3) is 0 Å². The van der Waals surface area contributed by atoms with Crippen molar-refractivity contribution in [2.75, 3.05) is 13.1 Å². The Morgan fingerprint density at radius 1 is 1.89 bits per heavy atom. The highest BCUT2D eigenvalue weighted by atomic mass is 16.1. The van der Waals surface area contributed by atoms with E-state index in [0.717, 1.165) is 31.5 Å². The van der Waals surface area contributed by atoms with Crippen molar-refractivity contribution in [3.8, 4) is 0 Å². The maximum atomic E-state index is 10.3. The highest BCUT2D eigenvalue weighted by Crippen LogP contribution is 2.10. The van der Waals surface area contributed by atoms with E-state index < -0.39 is 0 Å². The molecule has 0 radical (unpaired) electrons. The molecule has 0 spiro atoms. The Balaban J connectivity index is 2.56. The van der Waals surface area contributed by atoms with Gasteiger partial charge < -0.3 is 4.90 Å². The van der Waals surface area contributed by atoms with Gasteiger partial charge in [-0.25, -0.2) is 0 Å². The van der Waals surface area contributed by atoms with Gasteiger partial charge in [0.05, 0.1) is 5.70 Å². The summed E-state index contributed by atoms with van der Waals surface area (Å²) in [5.74, 6) is 0. The Bertz CT molecular complexity index is 140. The maximum absolute atomic E-state index is 10.3. The third-order valence-electron chi connectivity index (χ3n) is 1.62. The summed E-state index contributed by atoms with van der Waals surface area (Å²) in [5.41, 5.74) is 0.859. The van der Waals surface area contributed by atoms with Crippen LogP contribution in [0, 0.1) is 0 Å². The van der Waals surface area contributed by atoms with Crippen LogP contribution in [0.5, 0.6) is 0 Å². The smallest absolute Gasteiger partial charge is 0.165 e. The Morgan fingerprint density at radius 2 is 2.67 bits per heavy atom. The molecule has 0 aromatic heterocycles. The number of likely N-dealkylation sites (N-methyl/N-ethyl adjacent to an activating group) is 1. The van der Waals surface area contributed by atoms with E-state index >= 15 is 0 Å². The van der Waals surface area contributed by atoms with E-state index in [0.29, 0.717) is 0 Å². The number of carbonyl (C=O) groups excluding carboxylic acids is 1. The fraction of sp³-hybridized carbons (Fsp3) is 0.571. The number of hydrogen-bond donors (Lipinski definition) is 0. The van der Waals surface area contributed by atoms with Crippen molar-refractivity contribution < 1.29 is 4.79 Å². The second kappa shape index (κ2) is 2.67. The quantitative estimate of drug-likeness (QED) is 0.509. The van der Waals surface area contributed by atoms with Crippen molar-refractivity contribution in [2.45, 2.75) is 13.3 Å². The van der Waals surface area contributed by atoms with Gasteiger partial charge in [0.1, 0.15) is 0 Å². The number of aldehydes is 1. The van der Waals surface area contributed by atoms with E-state index in [1.807, 2.05) is 6.08 Å². The monoisotopic (exact) mass is 125 g/mol. The summed E-state index contributed by atoms with van der Waals surface area (Å²) in [6, 6.07) is 0. The van der Waals surface area contributed by atoms with Crippen molar-refractivity contribution in [1.82, 2.24) is 4.90 Å². The molecule has 0 aliphatic carbocycles. The summed E-state index contributed by atoms with van der Waals surface area (Å²) in [6.07, 6.45) is 3.94. The number of rotatable bonds is 2. The minimum absolute atomic E-state index is 0.859. The molecule has 0 saturated carbocycles. The highest BCUT2D eigenvalue weighted by Gasteiger charge is 2.10. The van der Waals surface area contributed by atoms with Crippen LogP contribution in [-0.2, 0) is 4.79 Å². The van der Waals surface area contributed by atoms with Gasteiger partial charge in [-0.1, -0.05) is 6.08 Å². The molecule has 0 bridgehead atoms. The molecule has 0 amide bonds. The summed E-state index contributed by atoms with van der Waals surface area (Å²) < 4.78 is 0. The number of carbonyl (C=O) groups is 1. The van der Waals surface area contributed by atoms with Crippen LogP contribution in [0.4, 0.5) is 0 Å². The van der Waals surface area contributed by atoms with E-state index in [1.54, 1.807) is 0 Å². The number of hydrogen-bond acceptors (Lipinski definition) is 2. The minimum atomic E-state index is 0.859. The van der Waals surface area contributed by atoms with Gasteiger partial charge in [-0.3, -0.25) is 4.79 Å². The SMILES string of the molecule is CCN1CCC=C1C=O. The molecule has 0 saturated heterocycles. The molecule has 50 valence electrons. The summed E-state index contributed by atoms with van der Waals surface area (Å²) >= 11 is 0. The van der Waals surface area contributed by atoms with Crippen LogP contribution in [0.3, 0.4) is 0 Å². The van der Waals surface area contributed by atoms with Crippen molar-refractivity contribution in [1.29, 1.82) is 0 Å². The third-order valence-corrected chi connectivity index (χ3v) is 1.62. The first-order chi connectivity index (χ1) is 4.38. The van der Waals surface area contributed by atoms with E-state index in [-0.39, 0.29) is 0 Å². The molecule has 9 heavy (non-hydrogen) atoms. The van der Waals surface area contributed by atoms with Crippen LogP contribution in [0.1, 0.15) is 13.3 Å². The number of allylic oxidation sites excluding steroid dienone is 1. The molecule has 0 N–H and O–H groups in total. The van der Waals surface area contributed by atoms with Gasteiger partial charge >= 0.3 is 0 Å². The second-order valence-electron chi connectivity index (χ2n) is 2.12. The molecule has 1 aliphatic rings. The van der Waals surface area contributed by atoms with E-state index in [2.05, 4.69) is 11.8 Å². The predicted molar refractivity (Wildman–Crippen MR) is 36.0 cm³/mol. The van der Waals surface area contributed by atoms with E-state index in [1.165, 1.54) is 0 Å². The first-order valence-corrected chi connectivity index (χ1v) is 3.28. The summed E-state index contributed by atoms with van der Waals surface area (Å²) in [7, 11) is 0. The highest BCUT2D eigenvalue weighted by molar-refractivity contribution is 5.72. The van der Waals surface area contributed by atoms with Crippen molar-refractivity contribution in [2.24, 2.45) is 0 Å². The van der Waals surface area contributed by atoms with Gasteiger partial charge in [0.2, 0.25) is 0 Å². The molecular formula is C7H11NO. The number of nitrogens with zero attached hydrogens (tertiary/aromatic N) is 1. The lowest BCUT2D eigenvalue weighted by atomic mass is 10.4. The fourth-order valence-electron chi connectivity index (χ4n) is 1.09. The molecule has 0 atom stereocenters. The van der Waals surface area contributed by atoms with Crippen LogP contribution in [0.15, 0.2) is 11.8 Å². The van der Waals surface area contributed by atoms with Crippen LogP contribution in [-0.4, -0.2) is 24.3 Å². The van der Waals surface area contributed by atoms with Crippen LogP contribution < -0.4 is 0 Å². The first kappa shape index (κ1) is 6.33. The fourth-order valence-corrected chi connectivity index (χ4v) is 1.09. The zero-order valence-electron chi connectivity index (χ0n) is 5.63. The minimum Gasteiger partial charge on any atom is -0.369 e. The predicted octanol–water partition coefficient (Wildman–Crippen LogP) is 0.795. The Morgan fingerprint density at radius 3 is 3.11 bits per heavy atom. The zero-order chi connectivity index (χ0) is 6.69. The summed E-state index contributed by atoms with van der Waals surface area (Å²) in [6.45, 7) is 4.03. The topological polar surface area (TPSA) is 20.3 Å². The molecule has 0 aromatic rings. The lowest BCUT2D eigenvalue weighted by Gasteiger charge is -2.14. The summed E-state index contributed by atoms with van der Waals surface area (Å²) in [5, 5.41) is 0. The van der Waals surface area contributed by atoms with Gasteiger partial charge in [-0.15, -0.1) is 0 Å². The van der Waals surface area contributed by atoms with E-state index in [4.69, 9.17) is 0 Å². The summed E-state index contributed by atoms with van der Waals surface area (Å²) in [4.78, 5) is 12.3. The van der Waals surface area contributed by atoms with Gasteiger partial charge in [0.15, 0.2) is 6.29 Å². The van der Waals surface area contributed by atoms with Gasteiger partial charge in [-0.05, 0) is 13.3 Å². The Labute approximate surface area is 55.2 Å². The molecule has 0 aromatic carbocycles. The average molecular weight is 125 g/mol. The Hall–Kier alpha value is -0.790. The molecule has 1 rings (SSSR count). The van der Waals surface area contributed by atoms with Gasteiger partial charge in [0, 0.05) is 13.1 Å². The van der Waals surface area contributed by atoms with Crippen molar-refractivity contribution in [3.05, 3.63) is 11.8 Å². The Kier molecular flexibility index (Phi) is 1.88. The lowest BCUT2D eigenvalue weighted by molar-refractivity contribution is -0.106. The lowest BCUT2D eigenvalue weighted by Crippen LogP contribution is -2.19. The normalized spacial score (nSPS) is 17.9. The second-order valence-corrected chi connectivity index (χ2v) is 2.12. The molecule has 1 aliphatic heterocycles. The first-order valence-electron chi connectivity index (χ1n) is 3.28. The zero-order valence-corrected chi connectivity index (χ0v) is 5.63. The molecule has 2 nitrogen and oxygen atoms in total.